The van der Waals surface area contributed by atoms with Crippen LogP contribution in [-0.2, 0) is 4.79 Å². The van der Waals surface area contributed by atoms with E-state index in [1.54, 1.807) is 26.4 Å². The lowest BCUT2D eigenvalue weighted by atomic mass is 10.0. The molecule has 2 aromatic rings. The molecule has 1 amide bonds. The molecule has 2 aromatic carbocycles. The Morgan fingerprint density at radius 2 is 1.84 bits per heavy atom. The second kappa shape index (κ2) is 8.97. The molecule has 5 nitrogen and oxygen atoms in total. The van der Waals surface area contributed by atoms with Crippen LogP contribution in [-0.4, -0.2) is 26.7 Å². The molecule has 0 heterocycles. The highest BCUT2D eigenvalue weighted by molar-refractivity contribution is 5.78. The molecule has 25 heavy (non-hydrogen) atoms. The van der Waals surface area contributed by atoms with Gasteiger partial charge < -0.3 is 19.5 Å². The lowest BCUT2D eigenvalue weighted by molar-refractivity contribution is -0.123. The maximum absolute atomic E-state index is 12.2. The zero-order valence-electron chi connectivity index (χ0n) is 15.2. The molecule has 0 fully saturated rings. The molecule has 134 valence electrons. The summed E-state index contributed by atoms with van der Waals surface area (Å²) in [5.74, 6) is 1.97. The van der Waals surface area contributed by atoms with Crippen LogP contribution in [0.4, 0.5) is 0 Å². The first kappa shape index (κ1) is 18.6. The third-order valence-electron chi connectivity index (χ3n) is 3.98. The average molecular weight is 343 g/mol. The van der Waals surface area contributed by atoms with E-state index in [0.717, 1.165) is 23.3 Å². The number of nitrogens with one attached hydrogen (secondary N) is 1. The number of hydrogen-bond acceptors (Lipinski definition) is 4. The minimum Gasteiger partial charge on any atom is -0.497 e. The standard InChI is InChI=1S/C20H25NO4/c1-5-18(15-9-10-19(24-4)14(2)11-15)21-20(22)13-25-17-8-6-7-16(12-17)23-3/h6-12,18H,5,13H2,1-4H3,(H,21,22)/t18-/m0/s1. The van der Waals surface area contributed by atoms with Crippen molar-refractivity contribution in [3.63, 3.8) is 0 Å². The van der Waals surface area contributed by atoms with Gasteiger partial charge >= 0.3 is 0 Å². The summed E-state index contributed by atoms with van der Waals surface area (Å²) < 4.78 is 16.0. The second-order valence-electron chi connectivity index (χ2n) is 5.73. The summed E-state index contributed by atoms with van der Waals surface area (Å²) in [6.45, 7) is 3.98. The number of amides is 1. The second-order valence-corrected chi connectivity index (χ2v) is 5.73. The normalized spacial score (nSPS) is 11.5. The van der Waals surface area contributed by atoms with Gasteiger partial charge in [-0.05, 0) is 42.7 Å². The van der Waals surface area contributed by atoms with Crippen molar-refractivity contribution in [1.29, 1.82) is 0 Å². The molecule has 0 unspecified atom stereocenters. The van der Waals surface area contributed by atoms with Gasteiger partial charge in [-0.15, -0.1) is 0 Å². The van der Waals surface area contributed by atoms with Crippen LogP contribution in [0.25, 0.3) is 0 Å². The molecular weight excluding hydrogens is 318 g/mol. The highest BCUT2D eigenvalue weighted by Crippen LogP contribution is 2.24. The van der Waals surface area contributed by atoms with Crippen molar-refractivity contribution >= 4 is 5.91 Å². The van der Waals surface area contributed by atoms with E-state index in [2.05, 4.69) is 5.32 Å². The van der Waals surface area contributed by atoms with Crippen molar-refractivity contribution in [2.45, 2.75) is 26.3 Å². The van der Waals surface area contributed by atoms with Gasteiger partial charge in [0.05, 0.1) is 20.3 Å². The number of carbonyl (C=O) groups is 1. The molecule has 0 saturated heterocycles. The minimum absolute atomic E-state index is 0.0429. The van der Waals surface area contributed by atoms with Gasteiger partial charge in [-0.1, -0.05) is 25.1 Å². The lowest BCUT2D eigenvalue weighted by Crippen LogP contribution is -2.32. The molecule has 0 spiro atoms. The van der Waals surface area contributed by atoms with Crippen molar-refractivity contribution < 1.29 is 19.0 Å². The van der Waals surface area contributed by atoms with E-state index in [9.17, 15) is 4.79 Å². The van der Waals surface area contributed by atoms with Crippen LogP contribution in [0, 0.1) is 6.92 Å². The molecule has 0 radical (unpaired) electrons. The lowest BCUT2D eigenvalue weighted by Gasteiger charge is -2.19. The first-order valence-electron chi connectivity index (χ1n) is 8.28. The predicted molar refractivity (Wildman–Crippen MR) is 97.4 cm³/mol. The molecule has 2 rings (SSSR count). The number of ether oxygens (including phenoxy) is 3. The molecule has 0 aliphatic rings. The molecule has 0 saturated carbocycles. The molecule has 0 bridgehead atoms. The summed E-state index contributed by atoms with van der Waals surface area (Å²) >= 11 is 0. The van der Waals surface area contributed by atoms with Gasteiger partial charge in [0.1, 0.15) is 17.2 Å². The Morgan fingerprint density at radius 1 is 1.08 bits per heavy atom. The fourth-order valence-electron chi connectivity index (χ4n) is 2.62. The first-order valence-corrected chi connectivity index (χ1v) is 8.28. The maximum atomic E-state index is 12.2. The Balaban J connectivity index is 1.96. The van der Waals surface area contributed by atoms with Crippen LogP contribution in [0.5, 0.6) is 17.2 Å². The van der Waals surface area contributed by atoms with Crippen molar-refractivity contribution in [3.05, 3.63) is 53.6 Å². The van der Waals surface area contributed by atoms with E-state index in [4.69, 9.17) is 14.2 Å². The number of aryl methyl sites for hydroxylation is 1. The molecule has 0 aromatic heterocycles. The van der Waals surface area contributed by atoms with Gasteiger partial charge in [0.2, 0.25) is 0 Å². The molecule has 5 heteroatoms. The highest BCUT2D eigenvalue weighted by atomic mass is 16.5. The van der Waals surface area contributed by atoms with Gasteiger partial charge in [-0.25, -0.2) is 0 Å². The molecule has 0 aliphatic heterocycles. The quantitative estimate of drug-likeness (QED) is 0.795. The van der Waals surface area contributed by atoms with Crippen LogP contribution in [0.15, 0.2) is 42.5 Å². The minimum atomic E-state index is -0.164. The smallest absolute Gasteiger partial charge is 0.258 e. The van der Waals surface area contributed by atoms with Crippen molar-refractivity contribution in [1.82, 2.24) is 5.32 Å². The van der Waals surface area contributed by atoms with E-state index >= 15 is 0 Å². The Hall–Kier alpha value is -2.69. The zero-order chi connectivity index (χ0) is 18.2. The average Bonchev–Trinajstić information content (AvgIpc) is 2.64. The monoisotopic (exact) mass is 343 g/mol. The van der Waals surface area contributed by atoms with Crippen LogP contribution >= 0.6 is 0 Å². The van der Waals surface area contributed by atoms with Gasteiger partial charge in [0.25, 0.3) is 5.91 Å². The Labute approximate surface area is 148 Å². The summed E-state index contributed by atoms with van der Waals surface area (Å²) in [5.41, 5.74) is 2.09. The van der Waals surface area contributed by atoms with Gasteiger partial charge in [0, 0.05) is 6.07 Å². The zero-order valence-corrected chi connectivity index (χ0v) is 15.2. The number of benzene rings is 2. The number of carbonyl (C=O) groups excluding carboxylic acids is 1. The largest absolute Gasteiger partial charge is 0.497 e. The number of rotatable bonds is 8. The van der Waals surface area contributed by atoms with Crippen LogP contribution < -0.4 is 19.5 Å². The predicted octanol–water partition coefficient (Wildman–Crippen LogP) is 3.66. The van der Waals surface area contributed by atoms with Crippen molar-refractivity contribution in [2.24, 2.45) is 0 Å². The first-order chi connectivity index (χ1) is 12.1. The molecule has 1 N–H and O–H groups in total. The number of methoxy groups -OCH3 is 2. The summed E-state index contributed by atoms with van der Waals surface area (Å²) in [7, 11) is 3.24. The molecule has 1 atom stereocenters. The maximum Gasteiger partial charge on any atom is 0.258 e. The van der Waals surface area contributed by atoms with E-state index in [0.29, 0.717) is 11.5 Å². The molecular formula is C20H25NO4. The number of hydrogen-bond donors (Lipinski definition) is 1. The summed E-state index contributed by atoms with van der Waals surface area (Å²) in [6.07, 6.45) is 0.788. The topological polar surface area (TPSA) is 56.8 Å². The van der Waals surface area contributed by atoms with E-state index in [1.165, 1.54) is 0 Å². The SMILES string of the molecule is CC[C@H](NC(=O)COc1cccc(OC)c1)c1ccc(OC)c(C)c1. The summed E-state index contributed by atoms with van der Waals surface area (Å²) in [4.78, 5) is 12.2. The Morgan fingerprint density at radius 3 is 2.48 bits per heavy atom. The van der Waals surface area contributed by atoms with Gasteiger partial charge in [0.15, 0.2) is 6.61 Å². The summed E-state index contributed by atoms with van der Waals surface area (Å²) in [6, 6.07) is 13.1. The highest BCUT2D eigenvalue weighted by Gasteiger charge is 2.14. The van der Waals surface area contributed by atoms with Crippen LogP contribution in [0.1, 0.15) is 30.5 Å². The molecule has 0 aliphatic carbocycles. The Bertz CT molecular complexity index is 715. The van der Waals surface area contributed by atoms with Gasteiger partial charge in [-0.3, -0.25) is 4.79 Å². The van der Waals surface area contributed by atoms with E-state index < -0.39 is 0 Å². The van der Waals surface area contributed by atoms with E-state index in [1.807, 2.05) is 44.2 Å². The third-order valence-corrected chi connectivity index (χ3v) is 3.98. The summed E-state index contributed by atoms with van der Waals surface area (Å²) in [5, 5.41) is 3.01. The Kier molecular flexibility index (Phi) is 6.69. The van der Waals surface area contributed by atoms with Crippen molar-refractivity contribution in [3.8, 4) is 17.2 Å². The van der Waals surface area contributed by atoms with Crippen LogP contribution in [0.3, 0.4) is 0 Å². The van der Waals surface area contributed by atoms with Crippen molar-refractivity contribution in [2.75, 3.05) is 20.8 Å². The third kappa shape index (κ3) is 5.14. The fourth-order valence-corrected chi connectivity index (χ4v) is 2.62. The fraction of sp³-hybridized carbons (Fsp3) is 0.350. The van der Waals surface area contributed by atoms with E-state index in [-0.39, 0.29) is 18.6 Å². The van der Waals surface area contributed by atoms with Gasteiger partial charge in [-0.2, -0.15) is 0 Å². The van der Waals surface area contributed by atoms with Crippen LogP contribution in [0.2, 0.25) is 0 Å².